The minimum Gasteiger partial charge on any atom is -0.326 e. The molecule has 2 atom stereocenters. The summed E-state index contributed by atoms with van der Waals surface area (Å²) in [5.74, 6) is 1.12. The van der Waals surface area contributed by atoms with E-state index in [1.807, 2.05) is 6.20 Å². The molecule has 0 amide bonds. The topological polar surface area (TPSA) is 29.9 Å². The molecule has 0 radical (unpaired) electrons. The molecule has 0 bridgehead atoms. The van der Waals surface area contributed by atoms with Crippen LogP contribution < -0.4 is 5.32 Å². The summed E-state index contributed by atoms with van der Waals surface area (Å²) < 4.78 is 2.35. The van der Waals surface area contributed by atoms with Gasteiger partial charge in [-0.1, -0.05) is 6.07 Å². The summed E-state index contributed by atoms with van der Waals surface area (Å²) in [5, 5.41) is 5.54. The molecule has 90 valence electrons. The molecule has 0 aliphatic heterocycles. The molecule has 1 N–H and O–H groups in total. The van der Waals surface area contributed by atoms with Crippen molar-refractivity contribution in [3.63, 3.8) is 0 Å². The Morgan fingerprint density at radius 3 is 3.18 bits per heavy atom. The van der Waals surface area contributed by atoms with E-state index in [1.165, 1.54) is 24.1 Å². The Kier molecular flexibility index (Phi) is 2.99. The fourth-order valence-electron chi connectivity index (χ4n) is 2.79. The zero-order chi connectivity index (χ0) is 11.7. The highest BCUT2D eigenvalue weighted by atomic mass is 32.1. The van der Waals surface area contributed by atoms with E-state index in [2.05, 4.69) is 45.6 Å². The molecular weight excluding hydrogens is 230 g/mol. The highest BCUT2D eigenvalue weighted by Crippen LogP contribution is 2.34. The maximum Gasteiger partial charge on any atom is 0.150 e. The Balaban J connectivity index is 1.96. The first-order chi connectivity index (χ1) is 8.40. The Morgan fingerprint density at radius 2 is 2.41 bits per heavy atom. The molecule has 0 saturated heterocycles. The summed E-state index contributed by atoms with van der Waals surface area (Å²) in [7, 11) is 2.06. The Hall–Kier alpha value is -1.13. The molecule has 1 aliphatic rings. The molecule has 2 aromatic heterocycles. The third kappa shape index (κ3) is 1.91. The number of thiophene rings is 1. The van der Waals surface area contributed by atoms with Crippen LogP contribution >= 0.6 is 11.3 Å². The Labute approximate surface area is 106 Å². The summed E-state index contributed by atoms with van der Waals surface area (Å²) >= 11 is 1.76. The van der Waals surface area contributed by atoms with Gasteiger partial charge in [0, 0.05) is 18.4 Å². The number of hydrogen-bond donors (Lipinski definition) is 1. The van der Waals surface area contributed by atoms with E-state index in [4.69, 9.17) is 0 Å². The lowest BCUT2D eigenvalue weighted by molar-refractivity contribution is 0.418. The molecule has 17 heavy (non-hydrogen) atoms. The predicted molar refractivity (Wildman–Crippen MR) is 71.3 cm³/mol. The average Bonchev–Trinajstić information content (AvgIpc) is 3.09. The van der Waals surface area contributed by atoms with Crippen LogP contribution in [0.1, 0.15) is 25.3 Å². The second-order valence-electron chi connectivity index (χ2n) is 4.53. The molecule has 3 rings (SSSR count). The van der Waals surface area contributed by atoms with Crippen LogP contribution in [-0.2, 0) is 0 Å². The van der Waals surface area contributed by atoms with Crippen molar-refractivity contribution in [3.05, 3.63) is 29.9 Å². The lowest BCUT2D eigenvalue weighted by Gasteiger charge is -2.22. The number of aromatic nitrogens is 2. The molecule has 3 nitrogen and oxygen atoms in total. The van der Waals surface area contributed by atoms with Crippen molar-refractivity contribution in [1.82, 2.24) is 14.9 Å². The van der Waals surface area contributed by atoms with Gasteiger partial charge in [-0.25, -0.2) is 4.98 Å². The monoisotopic (exact) mass is 247 g/mol. The van der Waals surface area contributed by atoms with Gasteiger partial charge in [-0.3, -0.25) is 0 Å². The molecular formula is C13H17N3S. The zero-order valence-electron chi connectivity index (χ0n) is 9.97. The maximum atomic E-state index is 4.52. The van der Waals surface area contributed by atoms with E-state index in [0.29, 0.717) is 12.1 Å². The number of nitrogens with one attached hydrogen (secondary N) is 1. The highest BCUT2D eigenvalue weighted by Gasteiger charge is 2.28. The van der Waals surface area contributed by atoms with Crippen molar-refractivity contribution in [2.75, 3.05) is 7.05 Å². The smallest absolute Gasteiger partial charge is 0.150 e. The quantitative estimate of drug-likeness (QED) is 0.903. The molecule has 1 saturated carbocycles. The first-order valence-electron chi connectivity index (χ1n) is 6.14. The molecule has 1 aliphatic carbocycles. The van der Waals surface area contributed by atoms with Crippen LogP contribution in [0.4, 0.5) is 0 Å². The molecule has 0 spiro atoms. The molecule has 2 heterocycles. The van der Waals surface area contributed by atoms with Gasteiger partial charge in [0.05, 0.1) is 10.9 Å². The lowest BCUT2D eigenvalue weighted by atomic mass is 10.1. The molecule has 2 unspecified atom stereocenters. The molecule has 4 heteroatoms. The van der Waals surface area contributed by atoms with Crippen LogP contribution in [0.3, 0.4) is 0 Å². The normalized spacial score (nSPS) is 24.3. The highest BCUT2D eigenvalue weighted by molar-refractivity contribution is 7.13. The fourth-order valence-corrected chi connectivity index (χ4v) is 3.51. The number of imidazole rings is 1. The van der Waals surface area contributed by atoms with E-state index in [9.17, 15) is 0 Å². The van der Waals surface area contributed by atoms with Gasteiger partial charge in [-0.2, -0.15) is 0 Å². The van der Waals surface area contributed by atoms with Crippen LogP contribution in [0, 0.1) is 0 Å². The van der Waals surface area contributed by atoms with Gasteiger partial charge in [0.1, 0.15) is 5.82 Å². The largest absolute Gasteiger partial charge is 0.326 e. The Morgan fingerprint density at radius 1 is 1.47 bits per heavy atom. The summed E-state index contributed by atoms with van der Waals surface area (Å²) in [6.45, 7) is 0. The van der Waals surface area contributed by atoms with E-state index in [-0.39, 0.29) is 0 Å². The maximum absolute atomic E-state index is 4.52. The summed E-state index contributed by atoms with van der Waals surface area (Å²) in [5.41, 5.74) is 0. The minimum atomic E-state index is 0.555. The van der Waals surface area contributed by atoms with E-state index < -0.39 is 0 Å². The third-order valence-corrected chi connectivity index (χ3v) is 4.48. The summed E-state index contributed by atoms with van der Waals surface area (Å²) in [6.07, 6.45) is 7.86. The van der Waals surface area contributed by atoms with E-state index >= 15 is 0 Å². The SMILES string of the molecule is CNC1CCCC1n1ccnc1-c1cccs1. The molecule has 0 aromatic carbocycles. The van der Waals surface area contributed by atoms with Crippen molar-refractivity contribution in [2.24, 2.45) is 0 Å². The van der Waals surface area contributed by atoms with Crippen LogP contribution in [0.25, 0.3) is 10.7 Å². The van der Waals surface area contributed by atoms with Crippen molar-refractivity contribution in [1.29, 1.82) is 0 Å². The lowest BCUT2D eigenvalue weighted by Crippen LogP contribution is -2.30. The minimum absolute atomic E-state index is 0.555. The second kappa shape index (κ2) is 4.63. The van der Waals surface area contributed by atoms with Gasteiger partial charge in [-0.05, 0) is 37.8 Å². The third-order valence-electron chi connectivity index (χ3n) is 3.62. The molecule has 1 fully saturated rings. The van der Waals surface area contributed by atoms with Crippen LogP contribution in [0.5, 0.6) is 0 Å². The zero-order valence-corrected chi connectivity index (χ0v) is 10.8. The Bertz CT molecular complexity index is 475. The van der Waals surface area contributed by atoms with Crippen LogP contribution in [0.2, 0.25) is 0 Å². The second-order valence-corrected chi connectivity index (χ2v) is 5.48. The van der Waals surface area contributed by atoms with E-state index in [0.717, 1.165) is 5.82 Å². The van der Waals surface area contributed by atoms with Crippen LogP contribution in [0.15, 0.2) is 29.9 Å². The summed E-state index contributed by atoms with van der Waals surface area (Å²) in [6, 6.07) is 5.37. The van der Waals surface area contributed by atoms with Gasteiger partial charge in [0.2, 0.25) is 0 Å². The van der Waals surface area contributed by atoms with Gasteiger partial charge in [0.15, 0.2) is 0 Å². The number of hydrogen-bond acceptors (Lipinski definition) is 3. The summed E-state index contributed by atoms with van der Waals surface area (Å²) in [4.78, 5) is 5.78. The average molecular weight is 247 g/mol. The number of nitrogens with zero attached hydrogens (tertiary/aromatic N) is 2. The van der Waals surface area contributed by atoms with Crippen molar-refractivity contribution in [3.8, 4) is 10.7 Å². The van der Waals surface area contributed by atoms with E-state index in [1.54, 1.807) is 11.3 Å². The standard InChI is InChI=1S/C13H17N3S/c1-14-10-4-2-5-11(10)16-8-7-15-13(16)12-6-3-9-17-12/h3,6-11,14H,2,4-5H2,1H3. The van der Waals surface area contributed by atoms with Crippen molar-refractivity contribution in [2.45, 2.75) is 31.3 Å². The van der Waals surface area contributed by atoms with Gasteiger partial charge < -0.3 is 9.88 Å². The fraction of sp³-hybridized carbons (Fsp3) is 0.462. The van der Waals surface area contributed by atoms with Gasteiger partial charge in [-0.15, -0.1) is 11.3 Å². The van der Waals surface area contributed by atoms with Gasteiger partial charge >= 0.3 is 0 Å². The number of rotatable bonds is 3. The van der Waals surface area contributed by atoms with Crippen molar-refractivity contribution < 1.29 is 0 Å². The first-order valence-corrected chi connectivity index (χ1v) is 7.02. The first kappa shape index (κ1) is 11.0. The molecule has 2 aromatic rings. The van der Waals surface area contributed by atoms with Crippen molar-refractivity contribution >= 4 is 11.3 Å². The predicted octanol–water partition coefficient (Wildman–Crippen LogP) is 2.92. The number of likely N-dealkylation sites (N-methyl/N-ethyl adjacent to an activating group) is 1. The van der Waals surface area contributed by atoms with Gasteiger partial charge in [0.25, 0.3) is 0 Å². The van der Waals surface area contributed by atoms with Crippen LogP contribution in [-0.4, -0.2) is 22.6 Å².